The van der Waals surface area contributed by atoms with E-state index in [2.05, 4.69) is 43.7 Å². The van der Waals surface area contributed by atoms with E-state index in [0.717, 1.165) is 55.9 Å². The molecule has 11 nitrogen and oxygen atoms in total. The molecule has 8 rings (SSSR count). The molecule has 1 N–H and O–H groups in total. The van der Waals surface area contributed by atoms with Crippen LogP contribution in [0.1, 0.15) is 67.4 Å². The van der Waals surface area contributed by atoms with Crippen molar-refractivity contribution in [1.29, 1.82) is 0 Å². The highest BCUT2D eigenvalue weighted by Gasteiger charge is 2.50. The maximum Gasteiger partial charge on any atom is 0.264 e. The molecular weight excluding hydrogens is 760 g/mol. The van der Waals surface area contributed by atoms with E-state index in [0.29, 0.717) is 51.5 Å². The number of carbonyl (C=O) groups is 1. The number of nitrogens with one attached hydrogen (secondary N) is 1. The lowest BCUT2D eigenvalue weighted by Crippen LogP contribution is -2.63. The Hall–Kier alpha value is -2.68. The maximum absolute atomic E-state index is 13.7. The Kier molecular flexibility index (Phi) is 10.6. The van der Waals surface area contributed by atoms with Crippen LogP contribution in [0.3, 0.4) is 0 Å². The summed E-state index contributed by atoms with van der Waals surface area (Å²) in [7, 11) is -5.30. The number of hydrogen-bond acceptors (Lipinski definition) is 10. The predicted molar refractivity (Wildman–Crippen MR) is 215 cm³/mol. The van der Waals surface area contributed by atoms with Crippen LogP contribution in [-0.2, 0) is 36.4 Å². The summed E-state index contributed by atoms with van der Waals surface area (Å²) < 4.78 is 68.3. The summed E-state index contributed by atoms with van der Waals surface area (Å²) in [5.74, 6) is 0.555. The minimum absolute atomic E-state index is 0.0395. The van der Waals surface area contributed by atoms with Crippen molar-refractivity contribution in [3.8, 4) is 5.75 Å². The first-order valence-corrected chi connectivity index (χ1v) is 23.7. The van der Waals surface area contributed by atoms with Crippen LogP contribution < -0.4 is 14.4 Å². The second-order valence-corrected chi connectivity index (χ2v) is 21.9. The lowest BCUT2D eigenvalue weighted by molar-refractivity contribution is -0.0981. The van der Waals surface area contributed by atoms with Crippen LogP contribution >= 0.6 is 11.6 Å². The first-order valence-electron chi connectivity index (χ1n) is 20.0. The van der Waals surface area contributed by atoms with Crippen LogP contribution in [0.15, 0.2) is 48.6 Å². The van der Waals surface area contributed by atoms with Gasteiger partial charge in [0.2, 0.25) is 10.0 Å². The molecule has 2 aliphatic carbocycles. The predicted octanol–water partition coefficient (Wildman–Crippen LogP) is 4.68. The molecule has 14 heteroatoms. The van der Waals surface area contributed by atoms with Gasteiger partial charge in [0, 0.05) is 75.0 Å². The molecule has 55 heavy (non-hydrogen) atoms. The first kappa shape index (κ1) is 39.2. The largest absolute Gasteiger partial charge is 0.490 e. The molecule has 2 bridgehead atoms. The van der Waals surface area contributed by atoms with Gasteiger partial charge in [-0.1, -0.05) is 36.7 Å². The fourth-order valence-corrected chi connectivity index (χ4v) is 13.4. The minimum atomic E-state index is -4.01. The number of sulfone groups is 1. The number of methoxy groups -OCH3 is 1. The quantitative estimate of drug-likeness (QED) is 0.437. The number of halogens is 1. The maximum atomic E-state index is 13.7. The second kappa shape index (κ2) is 14.9. The van der Waals surface area contributed by atoms with E-state index >= 15 is 0 Å². The van der Waals surface area contributed by atoms with Gasteiger partial charge in [-0.15, -0.1) is 0 Å². The van der Waals surface area contributed by atoms with Gasteiger partial charge < -0.3 is 14.4 Å². The van der Waals surface area contributed by atoms with Gasteiger partial charge in [-0.2, -0.15) is 0 Å². The van der Waals surface area contributed by atoms with Gasteiger partial charge in [0.25, 0.3) is 5.91 Å². The number of rotatable bonds is 3. The molecule has 7 atom stereocenters. The van der Waals surface area contributed by atoms with Crippen molar-refractivity contribution in [3.63, 3.8) is 0 Å². The number of allylic oxidation sites excluding steroid dienone is 1. The van der Waals surface area contributed by atoms with E-state index in [4.69, 9.17) is 21.1 Å². The number of aryl methyl sites for hydroxylation is 1. The number of nitrogens with zero attached hydrogens (tertiary/aromatic N) is 3. The topological polar surface area (TPSA) is 126 Å². The summed E-state index contributed by atoms with van der Waals surface area (Å²) in [6.07, 6.45) is 9.61. The van der Waals surface area contributed by atoms with Crippen molar-refractivity contribution < 1.29 is 31.1 Å². The van der Waals surface area contributed by atoms with E-state index in [1.165, 1.54) is 11.1 Å². The third kappa shape index (κ3) is 7.58. The summed E-state index contributed by atoms with van der Waals surface area (Å²) in [6, 6.07) is 11.4. The number of ether oxygens (including phenoxy) is 2. The molecular formula is C41H55ClN4O7S2. The smallest absolute Gasteiger partial charge is 0.264 e. The van der Waals surface area contributed by atoms with E-state index in [9.17, 15) is 21.6 Å². The zero-order valence-corrected chi connectivity index (χ0v) is 34.6. The van der Waals surface area contributed by atoms with E-state index < -0.39 is 36.6 Å². The Balaban J connectivity index is 1.18. The normalized spacial score (nSPS) is 35.5. The molecule has 0 radical (unpaired) electrons. The number of fused-ring (bicyclic) bond motifs is 5. The molecule has 1 saturated carbocycles. The van der Waals surface area contributed by atoms with Crippen molar-refractivity contribution in [2.24, 2.45) is 17.8 Å². The highest BCUT2D eigenvalue weighted by Crippen LogP contribution is 2.49. The van der Waals surface area contributed by atoms with Gasteiger partial charge in [0.15, 0.2) is 9.84 Å². The second-order valence-electron chi connectivity index (χ2n) is 17.2. The Morgan fingerprint density at radius 3 is 2.65 bits per heavy atom. The molecule has 1 spiro atoms. The molecule has 300 valence electrons. The molecule has 2 aromatic rings. The van der Waals surface area contributed by atoms with Crippen molar-refractivity contribution in [2.75, 3.05) is 75.9 Å². The van der Waals surface area contributed by atoms with Crippen LogP contribution in [0.2, 0.25) is 5.02 Å². The molecule has 1 amide bonds. The highest BCUT2D eigenvalue weighted by atomic mass is 35.5. The van der Waals surface area contributed by atoms with Crippen molar-refractivity contribution in [3.05, 3.63) is 70.3 Å². The lowest BCUT2D eigenvalue weighted by Gasteiger charge is -2.53. The summed E-state index contributed by atoms with van der Waals surface area (Å²) in [4.78, 5) is 20.8. The zero-order valence-electron chi connectivity index (χ0n) is 32.2. The number of benzene rings is 2. The zero-order chi connectivity index (χ0) is 38.8. The molecule has 2 aromatic carbocycles. The van der Waals surface area contributed by atoms with Crippen LogP contribution in [-0.4, -0.2) is 120 Å². The molecule has 0 unspecified atom stereocenters. The molecule has 6 aliphatic rings. The number of amides is 1. The van der Waals surface area contributed by atoms with E-state index in [-0.39, 0.29) is 46.3 Å². The number of hydrogen-bond donors (Lipinski definition) is 1. The molecule has 0 aromatic heterocycles. The third-order valence-electron chi connectivity index (χ3n) is 13.9. The summed E-state index contributed by atoms with van der Waals surface area (Å²) in [5.41, 5.74) is 2.56. The van der Waals surface area contributed by atoms with Gasteiger partial charge in [-0.25, -0.2) is 21.6 Å². The lowest BCUT2D eigenvalue weighted by atomic mass is 9.63. The SMILES string of the molecule is CO[C@]1(CN2CCN3CCS(=O)(=O)C[C@H]3C2)/C=C/C[C@H](C)[C@@H](C)S(=O)(=O)NC(=O)c2ccc3c(c2)N(C[C@@H]2CC[C@H]21)C[C@@]1(CCCc2cc(Cl)ccc21)CO3. The highest BCUT2D eigenvalue weighted by molar-refractivity contribution is 7.91. The fraction of sp³-hybridized carbons (Fsp3) is 0.634. The number of anilines is 1. The average molecular weight is 815 g/mol. The van der Waals surface area contributed by atoms with Crippen LogP contribution in [0.4, 0.5) is 5.69 Å². The summed E-state index contributed by atoms with van der Waals surface area (Å²) in [6.45, 7) is 8.90. The minimum Gasteiger partial charge on any atom is -0.490 e. The fourth-order valence-electron chi connectivity index (χ4n) is 10.3. The van der Waals surface area contributed by atoms with Crippen LogP contribution in [0.5, 0.6) is 5.75 Å². The van der Waals surface area contributed by atoms with Gasteiger partial charge in [0.05, 0.1) is 29.0 Å². The molecule has 3 fully saturated rings. The summed E-state index contributed by atoms with van der Waals surface area (Å²) >= 11 is 6.50. The summed E-state index contributed by atoms with van der Waals surface area (Å²) in [5, 5.41) is -0.107. The Morgan fingerprint density at radius 2 is 1.87 bits per heavy atom. The van der Waals surface area contributed by atoms with Crippen molar-refractivity contribution >= 4 is 43.1 Å². The van der Waals surface area contributed by atoms with Crippen molar-refractivity contribution in [2.45, 2.75) is 74.7 Å². The Labute approximate surface area is 331 Å². The van der Waals surface area contributed by atoms with Crippen LogP contribution in [0.25, 0.3) is 0 Å². The van der Waals surface area contributed by atoms with E-state index in [1.54, 1.807) is 26.2 Å². The Morgan fingerprint density at radius 1 is 1.04 bits per heavy atom. The standard InChI is InChI=1S/C41H55ClN4O7S2/c1-28-6-4-15-41(52-3,26-44-16-17-45-18-19-54(48,49)24-34(45)23-44)36-11-8-32(36)22-46-25-40(14-5-7-30-20-33(42)10-12-35(30)40)27-53-38-13-9-31(21-37(38)46)39(47)43-55(50,51)29(28)2/h4,9-10,12-13,15,20-21,28-29,32,34,36H,5-8,11,14,16-19,22-27H2,1-3H3,(H,43,47)/b15-4+/t28-,29+,32-,34+,36+,40-,41-/m0/s1. The number of sulfonamides is 1. The average Bonchev–Trinajstić information content (AvgIpc) is 3.28. The van der Waals surface area contributed by atoms with Gasteiger partial charge in [-0.3, -0.25) is 14.6 Å². The molecule has 2 saturated heterocycles. The van der Waals surface area contributed by atoms with Crippen LogP contribution in [0, 0.1) is 17.8 Å². The van der Waals surface area contributed by atoms with Gasteiger partial charge in [-0.05, 0) is 105 Å². The van der Waals surface area contributed by atoms with E-state index in [1.807, 2.05) is 19.1 Å². The molecule has 4 aliphatic heterocycles. The monoisotopic (exact) mass is 814 g/mol. The van der Waals surface area contributed by atoms with Crippen molar-refractivity contribution in [1.82, 2.24) is 14.5 Å². The molecule has 4 heterocycles. The van der Waals surface area contributed by atoms with Gasteiger partial charge >= 0.3 is 0 Å². The Bertz CT molecular complexity index is 2060. The third-order valence-corrected chi connectivity index (χ3v) is 17.8. The van der Waals surface area contributed by atoms with Gasteiger partial charge in [0.1, 0.15) is 11.4 Å². The number of carbonyl (C=O) groups excluding carboxylic acids is 1. The first-order chi connectivity index (χ1) is 26.2. The number of piperazine rings is 1.